The summed E-state index contributed by atoms with van der Waals surface area (Å²) in [4.78, 5) is 0. The molecule has 1 nitrogen and oxygen atoms in total. The van der Waals surface area contributed by atoms with Crippen LogP contribution in [0.25, 0.3) is 0 Å². The predicted octanol–water partition coefficient (Wildman–Crippen LogP) is 5.10. The number of nitrogens with one attached hydrogen (secondary N) is 1. The van der Waals surface area contributed by atoms with Gasteiger partial charge in [-0.05, 0) is 70.2 Å². The number of halogens is 3. The molecule has 0 spiro atoms. The molecule has 2 aromatic carbocycles. The van der Waals surface area contributed by atoms with E-state index >= 15 is 0 Å². The lowest BCUT2D eigenvalue weighted by Crippen LogP contribution is -2.34. The smallest absolute Gasteiger partial charge is 0.137 e. The fourth-order valence-corrected chi connectivity index (χ4v) is 3.53. The number of hydrogen-bond donors (Lipinski definition) is 1. The van der Waals surface area contributed by atoms with Crippen LogP contribution in [-0.2, 0) is 0 Å². The summed E-state index contributed by atoms with van der Waals surface area (Å²) in [6.45, 7) is 1.85. The van der Waals surface area contributed by atoms with E-state index in [0.29, 0.717) is 16.3 Å². The molecule has 3 rings (SSSR count). The van der Waals surface area contributed by atoms with Crippen molar-refractivity contribution < 1.29 is 4.39 Å². The van der Waals surface area contributed by atoms with Crippen molar-refractivity contribution in [3.63, 3.8) is 0 Å². The van der Waals surface area contributed by atoms with E-state index in [-0.39, 0.29) is 5.82 Å². The average molecular weight is 369 g/mol. The van der Waals surface area contributed by atoms with E-state index in [1.165, 1.54) is 5.56 Å². The minimum absolute atomic E-state index is 0.198. The van der Waals surface area contributed by atoms with Gasteiger partial charge in [0.15, 0.2) is 0 Å². The number of hydrogen-bond acceptors (Lipinski definition) is 1. The van der Waals surface area contributed by atoms with Gasteiger partial charge in [-0.25, -0.2) is 4.39 Å². The lowest BCUT2D eigenvalue weighted by Gasteiger charge is -2.33. The van der Waals surface area contributed by atoms with E-state index in [1.807, 2.05) is 24.3 Å². The highest BCUT2D eigenvalue weighted by Crippen LogP contribution is 2.38. The van der Waals surface area contributed by atoms with Crippen LogP contribution in [0.2, 0.25) is 5.02 Å². The van der Waals surface area contributed by atoms with E-state index in [0.717, 1.165) is 30.1 Å². The van der Waals surface area contributed by atoms with Crippen molar-refractivity contribution in [1.29, 1.82) is 0 Å². The first-order valence-corrected chi connectivity index (χ1v) is 8.23. The minimum atomic E-state index is -0.198. The lowest BCUT2D eigenvalue weighted by atomic mass is 9.77. The van der Waals surface area contributed by atoms with E-state index in [1.54, 1.807) is 12.1 Å². The number of piperidine rings is 1. The summed E-state index contributed by atoms with van der Waals surface area (Å²) < 4.78 is 14.4. The molecule has 0 bridgehead atoms. The molecule has 0 amide bonds. The van der Waals surface area contributed by atoms with Crippen molar-refractivity contribution in [2.75, 3.05) is 13.1 Å². The molecule has 1 saturated heterocycles. The van der Waals surface area contributed by atoms with Crippen molar-refractivity contribution in [2.24, 2.45) is 0 Å². The molecule has 2 atom stereocenters. The molecule has 0 aromatic heterocycles. The van der Waals surface area contributed by atoms with Crippen LogP contribution < -0.4 is 5.32 Å². The van der Waals surface area contributed by atoms with Gasteiger partial charge in [-0.3, -0.25) is 0 Å². The fourth-order valence-electron chi connectivity index (χ4n) is 3.09. The first-order valence-electron chi connectivity index (χ1n) is 7.06. The Balaban J connectivity index is 1.96. The van der Waals surface area contributed by atoms with Gasteiger partial charge in [0.25, 0.3) is 0 Å². The summed E-state index contributed by atoms with van der Waals surface area (Å²) >= 11 is 9.34. The summed E-state index contributed by atoms with van der Waals surface area (Å²) in [6, 6.07) is 13.4. The third-order valence-electron chi connectivity index (χ3n) is 4.13. The number of benzene rings is 2. The largest absolute Gasteiger partial charge is 0.316 e. The van der Waals surface area contributed by atoms with Crippen LogP contribution in [0.15, 0.2) is 46.9 Å². The van der Waals surface area contributed by atoms with Gasteiger partial charge < -0.3 is 5.32 Å². The SMILES string of the molecule is Fc1cc(C2CCNCC2c2cccc(Cl)c2)ccc1Br. The van der Waals surface area contributed by atoms with Crippen molar-refractivity contribution >= 4 is 27.5 Å². The molecular formula is C17H16BrClFN. The maximum atomic E-state index is 13.8. The van der Waals surface area contributed by atoms with Gasteiger partial charge in [-0.2, -0.15) is 0 Å². The molecule has 1 aliphatic heterocycles. The monoisotopic (exact) mass is 367 g/mol. The molecule has 0 radical (unpaired) electrons. The Kier molecular flexibility index (Phi) is 4.63. The zero-order valence-corrected chi connectivity index (χ0v) is 13.8. The Labute approximate surface area is 137 Å². The molecule has 2 unspecified atom stereocenters. The van der Waals surface area contributed by atoms with Crippen LogP contribution in [0.3, 0.4) is 0 Å². The van der Waals surface area contributed by atoms with Gasteiger partial charge in [0.1, 0.15) is 5.82 Å². The molecule has 0 saturated carbocycles. The summed E-state index contributed by atoms with van der Waals surface area (Å²) in [7, 11) is 0. The maximum absolute atomic E-state index is 13.8. The van der Waals surface area contributed by atoms with E-state index < -0.39 is 0 Å². The van der Waals surface area contributed by atoms with Crippen LogP contribution in [0.5, 0.6) is 0 Å². The van der Waals surface area contributed by atoms with Crippen molar-refractivity contribution in [3.8, 4) is 0 Å². The Bertz CT molecular complexity index is 646. The van der Waals surface area contributed by atoms with Crippen LogP contribution in [0.4, 0.5) is 4.39 Å². The lowest BCUT2D eigenvalue weighted by molar-refractivity contribution is 0.403. The van der Waals surface area contributed by atoms with Crippen molar-refractivity contribution in [1.82, 2.24) is 5.32 Å². The molecule has 4 heteroatoms. The second-order valence-corrected chi connectivity index (χ2v) is 6.73. The van der Waals surface area contributed by atoms with E-state index in [4.69, 9.17) is 11.6 Å². The fraction of sp³-hybridized carbons (Fsp3) is 0.294. The molecule has 1 heterocycles. The van der Waals surface area contributed by atoms with Crippen LogP contribution in [0.1, 0.15) is 29.4 Å². The van der Waals surface area contributed by atoms with E-state index in [9.17, 15) is 4.39 Å². The third kappa shape index (κ3) is 3.31. The first kappa shape index (κ1) is 15.0. The van der Waals surface area contributed by atoms with Crippen molar-refractivity contribution in [3.05, 3.63) is 68.9 Å². The first-order chi connectivity index (χ1) is 10.1. The molecule has 1 aliphatic rings. The normalized spacial score (nSPS) is 22.2. The summed E-state index contributed by atoms with van der Waals surface area (Å²) in [5, 5.41) is 4.18. The summed E-state index contributed by atoms with van der Waals surface area (Å²) in [5.41, 5.74) is 2.27. The van der Waals surface area contributed by atoms with Gasteiger partial charge in [0.2, 0.25) is 0 Å². The third-order valence-corrected chi connectivity index (χ3v) is 5.01. The molecule has 1 N–H and O–H groups in total. The van der Waals surface area contributed by atoms with Gasteiger partial charge in [0.05, 0.1) is 4.47 Å². The highest BCUT2D eigenvalue weighted by atomic mass is 79.9. The highest BCUT2D eigenvalue weighted by Gasteiger charge is 2.28. The van der Waals surface area contributed by atoms with Crippen LogP contribution >= 0.6 is 27.5 Å². The Hall–Kier alpha value is -0.900. The zero-order valence-electron chi connectivity index (χ0n) is 11.5. The second-order valence-electron chi connectivity index (χ2n) is 5.43. The molecule has 2 aromatic rings. The van der Waals surface area contributed by atoms with Gasteiger partial charge in [-0.15, -0.1) is 0 Å². The van der Waals surface area contributed by atoms with Gasteiger partial charge in [0, 0.05) is 17.5 Å². The Morgan fingerprint density at radius 2 is 1.90 bits per heavy atom. The Morgan fingerprint density at radius 3 is 2.67 bits per heavy atom. The second kappa shape index (κ2) is 6.47. The zero-order chi connectivity index (χ0) is 14.8. The van der Waals surface area contributed by atoms with Crippen LogP contribution in [-0.4, -0.2) is 13.1 Å². The Morgan fingerprint density at radius 1 is 1.10 bits per heavy atom. The number of rotatable bonds is 2. The van der Waals surface area contributed by atoms with Crippen molar-refractivity contribution in [2.45, 2.75) is 18.3 Å². The minimum Gasteiger partial charge on any atom is -0.316 e. The maximum Gasteiger partial charge on any atom is 0.137 e. The summed E-state index contributed by atoms with van der Waals surface area (Å²) in [6.07, 6.45) is 0.998. The molecule has 21 heavy (non-hydrogen) atoms. The molecule has 1 fully saturated rings. The molecule has 0 aliphatic carbocycles. The quantitative estimate of drug-likeness (QED) is 0.777. The predicted molar refractivity (Wildman–Crippen MR) is 88.5 cm³/mol. The molecule has 110 valence electrons. The van der Waals surface area contributed by atoms with Crippen LogP contribution in [0, 0.1) is 5.82 Å². The highest BCUT2D eigenvalue weighted by molar-refractivity contribution is 9.10. The standard InChI is InChI=1S/C17H16BrClFN/c18-16-5-4-12(9-17(16)20)14-6-7-21-10-15(14)11-2-1-3-13(19)8-11/h1-5,8-9,14-15,21H,6-7,10H2. The summed E-state index contributed by atoms with van der Waals surface area (Å²) in [5.74, 6) is 0.432. The molecular weight excluding hydrogens is 353 g/mol. The van der Waals surface area contributed by atoms with Gasteiger partial charge >= 0.3 is 0 Å². The van der Waals surface area contributed by atoms with Gasteiger partial charge in [-0.1, -0.05) is 29.8 Å². The average Bonchev–Trinajstić information content (AvgIpc) is 2.50. The van der Waals surface area contributed by atoms with E-state index in [2.05, 4.69) is 27.3 Å². The topological polar surface area (TPSA) is 12.0 Å².